The highest BCUT2D eigenvalue weighted by Crippen LogP contribution is 2.26. The second kappa shape index (κ2) is 7.32. The van der Waals surface area contributed by atoms with Gasteiger partial charge < -0.3 is 10.4 Å². The first-order chi connectivity index (χ1) is 12.8. The summed E-state index contributed by atoms with van der Waals surface area (Å²) < 4.78 is 17.0. The molecule has 0 aliphatic rings. The molecule has 2 aromatic heterocycles. The predicted molar refractivity (Wildman–Crippen MR) is 102 cm³/mol. The van der Waals surface area contributed by atoms with Crippen molar-refractivity contribution in [2.75, 3.05) is 11.9 Å². The highest BCUT2D eigenvalue weighted by Gasteiger charge is 2.18. The van der Waals surface area contributed by atoms with Crippen LogP contribution in [0, 0.1) is 19.7 Å². The van der Waals surface area contributed by atoms with Gasteiger partial charge in [0.15, 0.2) is 5.65 Å². The topological polar surface area (TPSA) is 89.2 Å². The zero-order chi connectivity index (χ0) is 19.7. The van der Waals surface area contributed by atoms with E-state index in [0.717, 1.165) is 5.56 Å². The van der Waals surface area contributed by atoms with Crippen LogP contribution in [0.15, 0.2) is 34.1 Å². The van der Waals surface area contributed by atoms with E-state index in [2.05, 4.69) is 10.3 Å². The van der Waals surface area contributed by atoms with Gasteiger partial charge in [0.25, 0.3) is 11.1 Å². The smallest absolute Gasteiger partial charge is 0.264 e. The van der Waals surface area contributed by atoms with Gasteiger partial charge in [0.05, 0.1) is 17.7 Å². The van der Waals surface area contributed by atoms with E-state index in [1.807, 2.05) is 0 Å². The van der Waals surface area contributed by atoms with E-state index in [1.165, 1.54) is 21.5 Å². The summed E-state index contributed by atoms with van der Waals surface area (Å²) in [5.74, 6) is -0.479. The number of hydrogen-bond donors (Lipinski definition) is 2. The Balaban J connectivity index is 2.29. The number of nitrogens with one attached hydrogen (secondary N) is 1. The molecule has 8 heteroatoms. The number of aromatic nitrogens is 3. The summed E-state index contributed by atoms with van der Waals surface area (Å²) in [5, 5.41) is 12.1. The fraction of sp³-hybridized carbons (Fsp3) is 0.316. The van der Waals surface area contributed by atoms with Crippen LogP contribution < -0.4 is 16.4 Å². The molecule has 0 aliphatic heterocycles. The van der Waals surface area contributed by atoms with E-state index in [0.29, 0.717) is 18.5 Å². The third-order valence-electron chi connectivity index (χ3n) is 4.53. The first kappa shape index (κ1) is 18.8. The lowest BCUT2D eigenvalue weighted by molar-refractivity contribution is 0.279. The van der Waals surface area contributed by atoms with Crippen molar-refractivity contribution in [2.24, 2.45) is 7.05 Å². The molecule has 0 bridgehead atoms. The molecule has 1 aromatic carbocycles. The number of aliphatic hydroxyl groups is 1. The summed E-state index contributed by atoms with van der Waals surface area (Å²) in [5.41, 5.74) is 1.00. The summed E-state index contributed by atoms with van der Waals surface area (Å²) in [7, 11) is 1.54. The molecule has 2 heterocycles. The van der Waals surface area contributed by atoms with Crippen LogP contribution in [-0.2, 0) is 13.6 Å². The Bertz CT molecular complexity index is 1130. The monoisotopic (exact) mass is 372 g/mol. The Hall–Kier alpha value is -3.00. The summed E-state index contributed by atoms with van der Waals surface area (Å²) >= 11 is 0. The Morgan fingerprint density at radius 3 is 2.63 bits per heavy atom. The predicted octanol–water partition coefficient (Wildman–Crippen LogP) is 1.98. The molecule has 0 radical (unpaired) electrons. The largest absolute Gasteiger partial charge is 0.396 e. The number of fused-ring (bicyclic) bond motifs is 1. The van der Waals surface area contributed by atoms with Crippen molar-refractivity contribution in [3.8, 4) is 0 Å². The molecular formula is C19H21FN4O3. The number of pyridine rings is 1. The number of halogens is 1. The van der Waals surface area contributed by atoms with Gasteiger partial charge in [-0.15, -0.1) is 0 Å². The molecule has 0 fully saturated rings. The van der Waals surface area contributed by atoms with Crippen LogP contribution >= 0.6 is 0 Å². The number of anilines is 2. The molecule has 0 atom stereocenters. The third-order valence-corrected chi connectivity index (χ3v) is 4.53. The second-order valence-electron chi connectivity index (χ2n) is 6.49. The minimum absolute atomic E-state index is 0.0591. The molecular weight excluding hydrogens is 351 g/mol. The van der Waals surface area contributed by atoms with Crippen molar-refractivity contribution < 1.29 is 9.50 Å². The first-order valence-electron chi connectivity index (χ1n) is 8.58. The van der Waals surface area contributed by atoms with Gasteiger partial charge in [-0.25, -0.2) is 9.37 Å². The van der Waals surface area contributed by atoms with Crippen molar-refractivity contribution in [3.63, 3.8) is 0 Å². The molecule has 3 rings (SSSR count). The highest BCUT2D eigenvalue weighted by atomic mass is 19.1. The van der Waals surface area contributed by atoms with E-state index in [9.17, 15) is 14.0 Å². The van der Waals surface area contributed by atoms with Gasteiger partial charge in [-0.2, -0.15) is 0 Å². The zero-order valence-electron chi connectivity index (χ0n) is 15.4. The number of rotatable bonds is 5. The van der Waals surface area contributed by atoms with Crippen LogP contribution in [0.25, 0.3) is 11.0 Å². The average Bonchev–Trinajstić information content (AvgIpc) is 2.64. The van der Waals surface area contributed by atoms with Gasteiger partial charge in [-0.05, 0) is 38.0 Å². The van der Waals surface area contributed by atoms with Gasteiger partial charge >= 0.3 is 0 Å². The van der Waals surface area contributed by atoms with Gasteiger partial charge in [0.2, 0.25) is 0 Å². The van der Waals surface area contributed by atoms with Crippen LogP contribution in [0.2, 0.25) is 0 Å². The molecule has 0 amide bonds. The number of aryl methyl sites for hydroxylation is 3. The molecule has 0 saturated carbocycles. The fourth-order valence-electron chi connectivity index (χ4n) is 3.01. The summed E-state index contributed by atoms with van der Waals surface area (Å²) in [6, 6.07) is 4.68. The number of hydrogen-bond acceptors (Lipinski definition) is 5. The zero-order valence-corrected chi connectivity index (χ0v) is 15.4. The van der Waals surface area contributed by atoms with E-state index < -0.39 is 5.82 Å². The lowest BCUT2D eigenvalue weighted by Crippen LogP contribution is -2.28. The SMILES string of the molecule is Cc1ccc(Nc2c(C)c(=O)n(C)c3ncn(CCCO)c(=O)c23)c(F)c1. The van der Waals surface area contributed by atoms with Crippen LogP contribution in [0.5, 0.6) is 0 Å². The maximum Gasteiger partial charge on any atom is 0.264 e. The summed E-state index contributed by atoms with van der Waals surface area (Å²) in [6.45, 7) is 3.59. The molecule has 27 heavy (non-hydrogen) atoms. The van der Waals surface area contributed by atoms with Crippen molar-refractivity contribution in [1.82, 2.24) is 14.1 Å². The van der Waals surface area contributed by atoms with Gasteiger partial charge in [-0.1, -0.05) is 6.07 Å². The average molecular weight is 372 g/mol. The van der Waals surface area contributed by atoms with Crippen molar-refractivity contribution in [3.05, 3.63) is 62.2 Å². The number of nitrogens with zero attached hydrogens (tertiary/aromatic N) is 3. The highest BCUT2D eigenvalue weighted by molar-refractivity contribution is 5.92. The minimum atomic E-state index is -0.479. The normalized spacial score (nSPS) is 11.1. The quantitative estimate of drug-likeness (QED) is 0.715. The van der Waals surface area contributed by atoms with Crippen molar-refractivity contribution >= 4 is 22.4 Å². The third kappa shape index (κ3) is 3.35. The Kier molecular flexibility index (Phi) is 5.09. The fourth-order valence-corrected chi connectivity index (χ4v) is 3.01. The maximum atomic E-state index is 14.3. The van der Waals surface area contributed by atoms with Crippen molar-refractivity contribution in [1.29, 1.82) is 0 Å². The summed E-state index contributed by atoms with van der Waals surface area (Å²) in [4.78, 5) is 29.8. The van der Waals surface area contributed by atoms with Gasteiger partial charge in [0.1, 0.15) is 11.2 Å². The molecule has 0 spiro atoms. The van der Waals surface area contributed by atoms with Crippen molar-refractivity contribution in [2.45, 2.75) is 26.8 Å². The van der Waals surface area contributed by atoms with Crippen LogP contribution in [0.4, 0.5) is 15.8 Å². The Labute approximate surface area is 154 Å². The Morgan fingerprint density at radius 2 is 1.96 bits per heavy atom. The molecule has 2 N–H and O–H groups in total. The lowest BCUT2D eigenvalue weighted by atomic mass is 10.1. The van der Waals surface area contributed by atoms with Gasteiger partial charge in [0, 0.05) is 25.8 Å². The number of aliphatic hydroxyl groups excluding tert-OH is 1. The van der Waals surface area contributed by atoms with Crippen LogP contribution in [0.1, 0.15) is 17.5 Å². The van der Waals surface area contributed by atoms with E-state index >= 15 is 0 Å². The molecule has 0 saturated heterocycles. The first-order valence-corrected chi connectivity index (χ1v) is 8.58. The minimum Gasteiger partial charge on any atom is -0.396 e. The summed E-state index contributed by atoms with van der Waals surface area (Å²) in [6.07, 6.45) is 1.75. The van der Waals surface area contributed by atoms with Gasteiger partial charge in [-0.3, -0.25) is 18.7 Å². The molecule has 142 valence electrons. The standard InChI is InChI=1S/C19H21FN4O3/c1-11-5-6-14(13(20)9-11)22-16-12(2)18(26)23(3)17-15(16)19(27)24(10-21-17)7-4-8-25/h5-6,9-10,22,25H,4,7-8H2,1-3H3. The molecule has 0 aliphatic carbocycles. The molecule has 7 nitrogen and oxygen atoms in total. The van der Waals surface area contributed by atoms with E-state index in [1.54, 1.807) is 33.0 Å². The number of benzene rings is 1. The lowest BCUT2D eigenvalue weighted by Gasteiger charge is -2.16. The maximum absolute atomic E-state index is 14.3. The Morgan fingerprint density at radius 1 is 1.22 bits per heavy atom. The van der Waals surface area contributed by atoms with E-state index in [-0.39, 0.29) is 40.1 Å². The molecule has 0 unspecified atom stereocenters. The van der Waals surface area contributed by atoms with Crippen LogP contribution in [0.3, 0.4) is 0 Å². The molecule has 3 aromatic rings. The van der Waals surface area contributed by atoms with E-state index in [4.69, 9.17) is 5.11 Å². The second-order valence-corrected chi connectivity index (χ2v) is 6.49. The van der Waals surface area contributed by atoms with Crippen LogP contribution in [-0.4, -0.2) is 25.8 Å².